The lowest BCUT2D eigenvalue weighted by molar-refractivity contribution is -0.167. The van der Waals surface area contributed by atoms with Gasteiger partial charge < -0.3 is 19.3 Å². The maximum Gasteiger partial charge on any atom is 0.245 e. The molecule has 1 aromatic heterocycles. The number of ether oxygens (including phenoxy) is 2. The SMILES string of the molecule is COc1cc(CN2C[C@H]3C[C@@H](C2)[C@H](C(=O)N2CCOCC2)N2C(=O)CCC[C@@H]32)ccn1. The fourth-order valence-electron chi connectivity index (χ4n) is 6.09. The van der Waals surface area contributed by atoms with Gasteiger partial charge in [0.05, 0.1) is 20.3 Å². The van der Waals surface area contributed by atoms with Gasteiger partial charge in [-0.1, -0.05) is 0 Å². The summed E-state index contributed by atoms with van der Waals surface area (Å²) in [5.74, 6) is 1.53. The van der Waals surface area contributed by atoms with E-state index in [1.54, 1.807) is 13.3 Å². The molecule has 2 amide bonds. The van der Waals surface area contributed by atoms with Crippen LogP contribution in [0.3, 0.4) is 0 Å². The van der Waals surface area contributed by atoms with Crippen molar-refractivity contribution in [3.8, 4) is 5.88 Å². The van der Waals surface area contributed by atoms with Gasteiger partial charge in [0.25, 0.3) is 0 Å². The van der Waals surface area contributed by atoms with E-state index in [0.717, 1.165) is 38.9 Å². The molecule has 8 nitrogen and oxygen atoms in total. The van der Waals surface area contributed by atoms with Gasteiger partial charge in [-0.3, -0.25) is 14.5 Å². The van der Waals surface area contributed by atoms with Crippen LogP contribution in [0.4, 0.5) is 0 Å². The molecule has 4 atom stereocenters. The second kappa shape index (κ2) is 8.74. The van der Waals surface area contributed by atoms with Crippen molar-refractivity contribution in [2.45, 2.75) is 44.3 Å². The van der Waals surface area contributed by atoms with Gasteiger partial charge in [-0.15, -0.1) is 0 Å². The fourth-order valence-corrected chi connectivity index (χ4v) is 6.09. The van der Waals surface area contributed by atoms with Crippen molar-refractivity contribution in [2.24, 2.45) is 11.8 Å². The Labute approximate surface area is 183 Å². The van der Waals surface area contributed by atoms with Crippen LogP contribution < -0.4 is 4.74 Å². The smallest absolute Gasteiger partial charge is 0.245 e. The quantitative estimate of drug-likeness (QED) is 0.716. The number of methoxy groups -OCH3 is 1. The molecule has 168 valence electrons. The van der Waals surface area contributed by atoms with E-state index in [2.05, 4.69) is 9.88 Å². The van der Waals surface area contributed by atoms with Crippen molar-refractivity contribution in [3.05, 3.63) is 23.9 Å². The van der Waals surface area contributed by atoms with E-state index in [-0.39, 0.29) is 29.8 Å². The van der Waals surface area contributed by atoms with Crippen LogP contribution in [0.5, 0.6) is 5.88 Å². The third kappa shape index (κ3) is 4.03. The number of nitrogens with zero attached hydrogens (tertiary/aromatic N) is 4. The van der Waals surface area contributed by atoms with E-state index in [0.29, 0.717) is 44.5 Å². The summed E-state index contributed by atoms with van der Waals surface area (Å²) in [6.45, 7) is 5.02. The van der Waals surface area contributed by atoms with Crippen molar-refractivity contribution in [1.29, 1.82) is 0 Å². The number of amides is 2. The molecule has 4 fully saturated rings. The molecule has 8 heteroatoms. The first-order valence-electron chi connectivity index (χ1n) is 11.5. The van der Waals surface area contributed by atoms with Gasteiger partial charge in [0.1, 0.15) is 6.04 Å². The summed E-state index contributed by atoms with van der Waals surface area (Å²) in [6, 6.07) is 3.86. The summed E-state index contributed by atoms with van der Waals surface area (Å²) in [4.78, 5) is 37.2. The number of hydrogen-bond acceptors (Lipinski definition) is 6. The number of morpholine rings is 1. The zero-order chi connectivity index (χ0) is 21.4. The summed E-state index contributed by atoms with van der Waals surface area (Å²) >= 11 is 0. The van der Waals surface area contributed by atoms with E-state index in [4.69, 9.17) is 9.47 Å². The highest BCUT2D eigenvalue weighted by atomic mass is 16.5. The highest BCUT2D eigenvalue weighted by Gasteiger charge is 2.52. The minimum absolute atomic E-state index is 0.124. The molecule has 31 heavy (non-hydrogen) atoms. The summed E-state index contributed by atoms with van der Waals surface area (Å²) < 4.78 is 10.7. The normalized spacial score (nSPS) is 31.3. The van der Waals surface area contributed by atoms with Crippen LogP contribution in [0.25, 0.3) is 0 Å². The second-order valence-electron chi connectivity index (χ2n) is 9.30. The standard InChI is InChI=1S/C23H32N4O4/c1-30-20-11-16(5-6-24-20)13-25-14-17-12-18(15-25)22(23(29)26-7-9-31-10-8-26)27-19(17)3-2-4-21(27)28/h5-6,11,17-19,22H,2-4,7-10,12-15H2,1H3/t17-,18+,19+,22-/m1/s1. The van der Waals surface area contributed by atoms with Crippen LogP contribution in [0, 0.1) is 11.8 Å². The molecular formula is C23H32N4O4. The number of fused-ring (bicyclic) bond motifs is 4. The lowest BCUT2D eigenvalue weighted by atomic mass is 9.71. The molecule has 5 heterocycles. The minimum atomic E-state index is -0.332. The third-order valence-electron chi connectivity index (χ3n) is 7.41. The van der Waals surface area contributed by atoms with Crippen molar-refractivity contribution < 1.29 is 19.1 Å². The monoisotopic (exact) mass is 428 g/mol. The summed E-state index contributed by atoms with van der Waals surface area (Å²) in [5.41, 5.74) is 1.17. The van der Waals surface area contributed by atoms with Crippen LogP contribution >= 0.6 is 0 Å². The molecule has 0 aliphatic carbocycles. The van der Waals surface area contributed by atoms with Gasteiger partial charge in [-0.05, 0) is 36.8 Å². The number of hydrogen-bond donors (Lipinski definition) is 0. The molecule has 0 unspecified atom stereocenters. The van der Waals surface area contributed by atoms with Crippen LogP contribution in [-0.4, -0.2) is 90.1 Å². The average molecular weight is 429 g/mol. The largest absolute Gasteiger partial charge is 0.481 e. The lowest BCUT2D eigenvalue weighted by Gasteiger charge is -2.56. The summed E-state index contributed by atoms with van der Waals surface area (Å²) in [5, 5.41) is 0. The molecule has 4 aliphatic heterocycles. The van der Waals surface area contributed by atoms with Gasteiger partial charge in [0.2, 0.25) is 17.7 Å². The predicted octanol–water partition coefficient (Wildman–Crippen LogP) is 1.15. The molecule has 0 aromatic carbocycles. The molecular weight excluding hydrogens is 396 g/mol. The van der Waals surface area contributed by atoms with E-state index >= 15 is 0 Å². The number of pyridine rings is 1. The lowest BCUT2D eigenvalue weighted by Crippen LogP contribution is -2.68. The zero-order valence-corrected chi connectivity index (χ0v) is 18.2. The fraction of sp³-hybridized carbons (Fsp3) is 0.696. The van der Waals surface area contributed by atoms with E-state index in [1.807, 2.05) is 21.9 Å². The topological polar surface area (TPSA) is 75.2 Å². The highest BCUT2D eigenvalue weighted by Crippen LogP contribution is 2.42. The van der Waals surface area contributed by atoms with Crippen LogP contribution in [0.1, 0.15) is 31.2 Å². The number of rotatable bonds is 4. The Morgan fingerprint density at radius 2 is 2.06 bits per heavy atom. The first kappa shape index (κ1) is 20.7. The van der Waals surface area contributed by atoms with Gasteiger partial charge in [0.15, 0.2) is 0 Å². The van der Waals surface area contributed by atoms with Crippen LogP contribution in [-0.2, 0) is 20.9 Å². The van der Waals surface area contributed by atoms with E-state index in [9.17, 15) is 9.59 Å². The number of carbonyl (C=O) groups excluding carboxylic acids is 2. The van der Waals surface area contributed by atoms with Crippen molar-refractivity contribution in [3.63, 3.8) is 0 Å². The van der Waals surface area contributed by atoms with Gasteiger partial charge >= 0.3 is 0 Å². The molecule has 0 N–H and O–H groups in total. The summed E-state index contributed by atoms with van der Waals surface area (Å²) in [6.07, 6.45) is 5.33. The van der Waals surface area contributed by atoms with E-state index in [1.165, 1.54) is 5.56 Å². The minimum Gasteiger partial charge on any atom is -0.481 e. The second-order valence-corrected chi connectivity index (χ2v) is 9.30. The first-order chi connectivity index (χ1) is 15.1. The van der Waals surface area contributed by atoms with Crippen LogP contribution in [0.15, 0.2) is 18.3 Å². The number of carbonyl (C=O) groups is 2. The molecule has 4 aliphatic rings. The maximum absolute atomic E-state index is 13.6. The molecule has 0 saturated carbocycles. The van der Waals surface area contributed by atoms with Crippen molar-refractivity contribution in [2.75, 3.05) is 46.5 Å². The van der Waals surface area contributed by atoms with Gasteiger partial charge in [0, 0.05) is 63.4 Å². The highest BCUT2D eigenvalue weighted by molar-refractivity contribution is 5.89. The van der Waals surface area contributed by atoms with Crippen molar-refractivity contribution in [1.82, 2.24) is 19.7 Å². The molecule has 0 radical (unpaired) electrons. The summed E-state index contributed by atoms with van der Waals surface area (Å²) in [7, 11) is 1.63. The zero-order valence-electron chi connectivity index (χ0n) is 18.2. The van der Waals surface area contributed by atoms with Crippen LogP contribution in [0.2, 0.25) is 0 Å². The molecule has 2 bridgehead atoms. The Balaban J connectivity index is 1.39. The Bertz CT molecular complexity index is 828. The Kier molecular flexibility index (Phi) is 5.84. The first-order valence-corrected chi connectivity index (χ1v) is 11.5. The molecule has 1 aromatic rings. The predicted molar refractivity (Wildman–Crippen MR) is 113 cm³/mol. The van der Waals surface area contributed by atoms with Crippen molar-refractivity contribution >= 4 is 11.8 Å². The van der Waals surface area contributed by atoms with Gasteiger partial charge in [-0.25, -0.2) is 4.98 Å². The number of aromatic nitrogens is 1. The molecule has 0 spiro atoms. The maximum atomic E-state index is 13.6. The number of likely N-dealkylation sites (tertiary alicyclic amines) is 1. The van der Waals surface area contributed by atoms with Gasteiger partial charge in [-0.2, -0.15) is 0 Å². The Morgan fingerprint density at radius 3 is 2.87 bits per heavy atom. The number of piperidine rings is 3. The molecule has 4 saturated heterocycles. The third-order valence-corrected chi connectivity index (χ3v) is 7.41. The van der Waals surface area contributed by atoms with E-state index < -0.39 is 0 Å². The average Bonchev–Trinajstić information content (AvgIpc) is 2.80. The Morgan fingerprint density at radius 1 is 1.26 bits per heavy atom. The molecule has 5 rings (SSSR count). The Hall–Kier alpha value is -2.19.